The molecular formula is C12H13N3. The molecule has 1 aromatic heterocycles. The maximum absolute atomic E-state index is 4.28. The highest BCUT2D eigenvalue weighted by Crippen LogP contribution is 2.29. The molecule has 2 aromatic rings. The summed E-state index contributed by atoms with van der Waals surface area (Å²) in [7, 11) is 0. The van der Waals surface area contributed by atoms with Gasteiger partial charge in [0.2, 0.25) is 0 Å². The van der Waals surface area contributed by atoms with Crippen molar-refractivity contribution in [1.82, 2.24) is 9.97 Å². The van der Waals surface area contributed by atoms with Crippen LogP contribution in [0.5, 0.6) is 0 Å². The van der Waals surface area contributed by atoms with E-state index in [2.05, 4.69) is 21.4 Å². The standard InChI is InChI=1S/C12H13N3/c1-2-4-11-10(3-1)12(15-8-14-11)13-7-9-5-6-9/h1-4,8-9H,5-7H2,(H,13,14,15). The minimum Gasteiger partial charge on any atom is -0.369 e. The Balaban J connectivity index is 1.93. The van der Waals surface area contributed by atoms with Crippen LogP contribution in [0.1, 0.15) is 12.8 Å². The van der Waals surface area contributed by atoms with Gasteiger partial charge >= 0.3 is 0 Å². The first-order valence-electron chi connectivity index (χ1n) is 5.37. The number of nitrogens with zero attached hydrogens (tertiary/aromatic N) is 2. The zero-order valence-corrected chi connectivity index (χ0v) is 8.48. The molecular weight excluding hydrogens is 186 g/mol. The van der Waals surface area contributed by atoms with E-state index in [4.69, 9.17) is 0 Å². The van der Waals surface area contributed by atoms with Crippen LogP contribution in [0.25, 0.3) is 10.9 Å². The number of aromatic nitrogens is 2. The molecule has 0 spiro atoms. The van der Waals surface area contributed by atoms with Crippen molar-refractivity contribution in [2.45, 2.75) is 12.8 Å². The molecule has 0 unspecified atom stereocenters. The van der Waals surface area contributed by atoms with E-state index in [0.29, 0.717) is 0 Å². The van der Waals surface area contributed by atoms with Gasteiger partial charge in [-0.1, -0.05) is 12.1 Å². The fraction of sp³-hybridized carbons (Fsp3) is 0.333. The molecule has 1 N–H and O–H groups in total. The number of anilines is 1. The second-order valence-corrected chi connectivity index (χ2v) is 4.06. The van der Waals surface area contributed by atoms with E-state index in [0.717, 1.165) is 29.2 Å². The van der Waals surface area contributed by atoms with Crippen molar-refractivity contribution in [3.63, 3.8) is 0 Å². The number of fused-ring (bicyclic) bond motifs is 1. The number of hydrogen-bond acceptors (Lipinski definition) is 3. The summed E-state index contributed by atoms with van der Waals surface area (Å²) in [6.45, 7) is 1.04. The van der Waals surface area contributed by atoms with Gasteiger partial charge in [0.05, 0.1) is 5.52 Å². The fourth-order valence-electron chi connectivity index (χ4n) is 1.71. The normalized spacial score (nSPS) is 15.5. The summed E-state index contributed by atoms with van der Waals surface area (Å²) in [4.78, 5) is 8.52. The highest BCUT2D eigenvalue weighted by molar-refractivity contribution is 5.88. The Morgan fingerprint density at radius 3 is 2.93 bits per heavy atom. The summed E-state index contributed by atoms with van der Waals surface area (Å²) in [5, 5.41) is 4.51. The van der Waals surface area contributed by atoms with Gasteiger partial charge in [0.15, 0.2) is 0 Å². The third kappa shape index (κ3) is 1.77. The molecule has 1 saturated carbocycles. The number of benzene rings is 1. The van der Waals surface area contributed by atoms with Crippen LogP contribution in [0.3, 0.4) is 0 Å². The molecule has 0 amide bonds. The van der Waals surface area contributed by atoms with Gasteiger partial charge in [-0.3, -0.25) is 0 Å². The van der Waals surface area contributed by atoms with Gasteiger partial charge in [0.25, 0.3) is 0 Å². The Kier molecular flexibility index (Phi) is 2.02. The van der Waals surface area contributed by atoms with Gasteiger partial charge in [0, 0.05) is 11.9 Å². The van der Waals surface area contributed by atoms with E-state index in [1.165, 1.54) is 12.8 Å². The summed E-state index contributed by atoms with van der Waals surface area (Å²) in [6, 6.07) is 8.10. The smallest absolute Gasteiger partial charge is 0.137 e. The average Bonchev–Trinajstić information content (AvgIpc) is 3.10. The third-order valence-corrected chi connectivity index (χ3v) is 2.80. The molecule has 76 valence electrons. The number of nitrogens with one attached hydrogen (secondary N) is 1. The van der Waals surface area contributed by atoms with E-state index < -0.39 is 0 Å². The zero-order valence-electron chi connectivity index (χ0n) is 8.48. The SMILES string of the molecule is c1ccc2c(NCC3CC3)ncnc2c1. The van der Waals surface area contributed by atoms with Crippen LogP contribution in [0.15, 0.2) is 30.6 Å². The molecule has 0 bridgehead atoms. The molecule has 1 aliphatic carbocycles. The summed E-state index contributed by atoms with van der Waals surface area (Å²) in [6.07, 6.45) is 4.34. The molecule has 3 heteroatoms. The van der Waals surface area contributed by atoms with Crippen molar-refractivity contribution in [1.29, 1.82) is 0 Å². The van der Waals surface area contributed by atoms with Crippen LogP contribution in [0, 0.1) is 5.92 Å². The van der Waals surface area contributed by atoms with Crippen LogP contribution < -0.4 is 5.32 Å². The first kappa shape index (κ1) is 8.65. The van der Waals surface area contributed by atoms with E-state index in [-0.39, 0.29) is 0 Å². The van der Waals surface area contributed by atoms with Crippen LogP contribution in [-0.2, 0) is 0 Å². The van der Waals surface area contributed by atoms with Crippen molar-refractivity contribution < 1.29 is 0 Å². The molecule has 1 heterocycles. The summed E-state index contributed by atoms with van der Waals surface area (Å²) < 4.78 is 0. The predicted octanol–water partition coefficient (Wildman–Crippen LogP) is 2.45. The van der Waals surface area contributed by atoms with E-state index >= 15 is 0 Å². The lowest BCUT2D eigenvalue weighted by Gasteiger charge is -2.06. The maximum atomic E-state index is 4.28. The maximum Gasteiger partial charge on any atom is 0.137 e. The Bertz CT molecular complexity index is 472. The average molecular weight is 199 g/mol. The second-order valence-electron chi connectivity index (χ2n) is 4.06. The fourth-order valence-corrected chi connectivity index (χ4v) is 1.71. The number of para-hydroxylation sites is 1. The van der Waals surface area contributed by atoms with E-state index in [9.17, 15) is 0 Å². The molecule has 0 radical (unpaired) electrons. The van der Waals surface area contributed by atoms with Crippen molar-refractivity contribution in [3.8, 4) is 0 Å². The highest BCUT2D eigenvalue weighted by atomic mass is 15.0. The predicted molar refractivity (Wildman–Crippen MR) is 60.8 cm³/mol. The van der Waals surface area contributed by atoms with Crippen LogP contribution in [0.4, 0.5) is 5.82 Å². The van der Waals surface area contributed by atoms with Gasteiger partial charge in [-0.15, -0.1) is 0 Å². The molecule has 0 saturated heterocycles. The molecule has 1 fully saturated rings. The monoisotopic (exact) mass is 199 g/mol. The molecule has 3 rings (SSSR count). The summed E-state index contributed by atoms with van der Waals surface area (Å²) in [5.74, 6) is 1.83. The molecule has 0 atom stereocenters. The molecule has 3 nitrogen and oxygen atoms in total. The first-order chi connectivity index (χ1) is 7.43. The Morgan fingerprint density at radius 1 is 1.20 bits per heavy atom. The topological polar surface area (TPSA) is 37.8 Å². The Hall–Kier alpha value is -1.64. The quantitative estimate of drug-likeness (QED) is 0.825. The van der Waals surface area contributed by atoms with Crippen molar-refractivity contribution in [3.05, 3.63) is 30.6 Å². The van der Waals surface area contributed by atoms with Crippen LogP contribution >= 0.6 is 0 Å². The van der Waals surface area contributed by atoms with Crippen molar-refractivity contribution >= 4 is 16.7 Å². The molecule has 15 heavy (non-hydrogen) atoms. The van der Waals surface area contributed by atoms with Gasteiger partial charge in [-0.25, -0.2) is 9.97 Å². The van der Waals surface area contributed by atoms with Gasteiger partial charge in [-0.2, -0.15) is 0 Å². The van der Waals surface area contributed by atoms with Crippen LogP contribution in [0.2, 0.25) is 0 Å². The Labute approximate surface area is 88.6 Å². The van der Waals surface area contributed by atoms with Crippen molar-refractivity contribution in [2.24, 2.45) is 5.92 Å². The van der Waals surface area contributed by atoms with Crippen LogP contribution in [-0.4, -0.2) is 16.5 Å². The summed E-state index contributed by atoms with van der Waals surface area (Å²) >= 11 is 0. The minimum atomic E-state index is 0.860. The lowest BCUT2D eigenvalue weighted by Crippen LogP contribution is -2.05. The largest absolute Gasteiger partial charge is 0.369 e. The lowest BCUT2D eigenvalue weighted by atomic mass is 10.2. The van der Waals surface area contributed by atoms with E-state index in [1.807, 2.05) is 18.2 Å². The van der Waals surface area contributed by atoms with Gasteiger partial charge < -0.3 is 5.32 Å². The minimum absolute atomic E-state index is 0.860. The number of hydrogen-bond donors (Lipinski definition) is 1. The molecule has 1 aromatic carbocycles. The van der Waals surface area contributed by atoms with Crippen molar-refractivity contribution in [2.75, 3.05) is 11.9 Å². The third-order valence-electron chi connectivity index (χ3n) is 2.80. The first-order valence-corrected chi connectivity index (χ1v) is 5.37. The zero-order chi connectivity index (χ0) is 10.1. The van der Waals surface area contributed by atoms with Gasteiger partial charge in [0.1, 0.15) is 12.1 Å². The highest BCUT2D eigenvalue weighted by Gasteiger charge is 2.20. The molecule has 0 aliphatic heterocycles. The Morgan fingerprint density at radius 2 is 2.07 bits per heavy atom. The van der Waals surface area contributed by atoms with Gasteiger partial charge in [-0.05, 0) is 30.9 Å². The second kappa shape index (κ2) is 3.50. The lowest BCUT2D eigenvalue weighted by molar-refractivity contribution is 0.883. The molecule has 1 aliphatic rings. The number of rotatable bonds is 3. The van der Waals surface area contributed by atoms with E-state index in [1.54, 1.807) is 6.33 Å². The summed E-state index contributed by atoms with van der Waals surface area (Å²) in [5.41, 5.74) is 1.01.